The molecule has 1 amide bonds. The zero-order chi connectivity index (χ0) is 20.5. The van der Waals surface area contributed by atoms with Crippen molar-refractivity contribution in [1.82, 2.24) is 15.1 Å². The summed E-state index contributed by atoms with van der Waals surface area (Å²) >= 11 is 0. The van der Waals surface area contributed by atoms with Gasteiger partial charge in [0.25, 0.3) is 5.91 Å². The lowest BCUT2D eigenvalue weighted by molar-refractivity contribution is 0.0943. The summed E-state index contributed by atoms with van der Waals surface area (Å²) < 4.78 is 12.6. The second-order valence-corrected chi connectivity index (χ2v) is 7.43. The molecule has 1 aliphatic carbocycles. The maximum atomic E-state index is 13.0. The number of carbonyl (C=O) groups is 1. The molecule has 1 heterocycles. The summed E-state index contributed by atoms with van der Waals surface area (Å²) in [4.78, 5) is 13.0. The highest BCUT2D eigenvalue weighted by Crippen LogP contribution is 2.34. The first kappa shape index (κ1) is 19.1. The lowest BCUT2D eigenvalue weighted by Crippen LogP contribution is -2.27. The monoisotopic (exact) mass is 391 g/mol. The predicted octanol–water partition coefficient (Wildman–Crippen LogP) is 4.07. The number of nitrogens with zero attached hydrogens (tertiary/aromatic N) is 2. The maximum absolute atomic E-state index is 13.0. The Kier molecular flexibility index (Phi) is 5.01. The summed E-state index contributed by atoms with van der Waals surface area (Å²) in [6.07, 6.45) is 2.06. The van der Waals surface area contributed by atoms with E-state index >= 15 is 0 Å². The largest absolute Gasteiger partial charge is 0.497 e. The summed E-state index contributed by atoms with van der Waals surface area (Å²) in [5.74, 6) is 1.23. The number of hydrogen-bond acceptors (Lipinski definition) is 4. The first-order chi connectivity index (χ1) is 14.0. The molecule has 1 saturated carbocycles. The van der Waals surface area contributed by atoms with Crippen molar-refractivity contribution in [2.75, 3.05) is 14.2 Å². The van der Waals surface area contributed by atoms with Gasteiger partial charge in [-0.1, -0.05) is 12.1 Å². The number of benzene rings is 2. The van der Waals surface area contributed by atoms with Crippen LogP contribution in [0.1, 0.15) is 34.5 Å². The maximum Gasteiger partial charge on any atom is 0.270 e. The molecule has 2 aromatic carbocycles. The molecule has 0 aliphatic heterocycles. The van der Waals surface area contributed by atoms with Gasteiger partial charge in [-0.2, -0.15) is 5.10 Å². The minimum atomic E-state index is -0.111. The highest BCUT2D eigenvalue weighted by Gasteiger charge is 2.27. The normalized spacial score (nSPS) is 13.2. The summed E-state index contributed by atoms with van der Waals surface area (Å²) in [7, 11) is 3.23. The lowest BCUT2D eigenvalue weighted by atomic mass is 10.1. The SMILES string of the molecule is COc1ccc(-c2cc(C(=O)NC3CC3)n(-c3cc(C)ccc3C)n2)c(OC)c1. The second kappa shape index (κ2) is 7.62. The molecular weight excluding hydrogens is 366 g/mol. The number of amides is 1. The van der Waals surface area contributed by atoms with Gasteiger partial charge in [-0.3, -0.25) is 4.79 Å². The summed E-state index contributed by atoms with van der Waals surface area (Å²) in [6, 6.07) is 13.8. The van der Waals surface area contributed by atoms with Gasteiger partial charge in [0.2, 0.25) is 0 Å². The Morgan fingerprint density at radius 1 is 1.07 bits per heavy atom. The smallest absolute Gasteiger partial charge is 0.270 e. The number of aryl methyl sites for hydroxylation is 2. The van der Waals surface area contributed by atoms with Crippen LogP contribution in [0.25, 0.3) is 16.9 Å². The van der Waals surface area contributed by atoms with Crippen LogP contribution in [0.5, 0.6) is 11.5 Å². The molecule has 6 heteroatoms. The van der Waals surface area contributed by atoms with Crippen LogP contribution in [0.2, 0.25) is 0 Å². The van der Waals surface area contributed by atoms with Crippen molar-refractivity contribution in [3.63, 3.8) is 0 Å². The number of hydrogen-bond donors (Lipinski definition) is 1. The minimum absolute atomic E-state index is 0.111. The van der Waals surface area contributed by atoms with Gasteiger partial charge in [0.1, 0.15) is 17.2 Å². The summed E-state index contributed by atoms with van der Waals surface area (Å²) in [5.41, 5.74) is 5.04. The first-order valence-electron chi connectivity index (χ1n) is 9.71. The van der Waals surface area contributed by atoms with Crippen LogP contribution in [0.3, 0.4) is 0 Å². The molecule has 0 bridgehead atoms. The van der Waals surface area contributed by atoms with Gasteiger partial charge in [0.15, 0.2) is 0 Å². The van der Waals surface area contributed by atoms with Crippen LogP contribution in [0, 0.1) is 13.8 Å². The third-order valence-electron chi connectivity index (χ3n) is 5.13. The fourth-order valence-electron chi connectivity index (χ4n) is 3.30. The Balaban J connectivity index is 1.85. The number of carbonyl (C=O) groups excluding carboxylic acids is 1. The lowest BCUT2D eigenvalue weighted by Gasteiger charge is -2.11. The molecule has 150 valence electrons. The van der Waals surface area contributed by atoms with Crippen molar-refractivity contribution >= 4 is 5.91 Å². The van der Waals surface area contributed by atoms with E-state index in [2.05, 4.69) is 11.4 Å². The molecule has 0 radical (unpaired) electrons. The van der Waals surface area contributed by atoms with Gasteiger partial charge in [0.05, 0.1) is 25.6 Å². The van der Waals surface area contributed by atoms with Crippen LogP contribution in [0.15, 0.2) is 42.5 Å². The van der Waals surface area contributed by atoms with E-state index in [1.54, 1.807) is 18.9 Å². The van der Waals surface area contributed by atoms with Crippen molar-refractivity contribution in [2.24, 2.45) is 0 Å². The van der Waals surface area contributed by atoms with E-state index < -0.39 is 0 Å². The van der Waals surface area contributed by atoms with Crippen molar-refractivity contribution in [2.45, 2.75) is 32.7 Å². The molecular formula is C23H25N3O3. The minimum Gasteiger partial charge on any atom is -0.497 e. The van der Waals surface area contributed by atoms with Gasteiger partial charge in [0, 0.05) is 17.7 Å². The second-order valence-electron chi connectivity index (χ2n) is 7.43. The molecule has 1 aromatic heterocycles. The molecule has 4 rings (SSSR count). The number of rotatable bonds is 6. The van der Waals surface area contributed by atoms with Crippen molar-refractivity contribution in [3.8, 4) is 28.4 Å². The number of nitrogens with one attached hydrogen (secondary N) is 1. The number of aromatic nitrogens is 2. The number of methoxy groups -OCH3 is 2. The average molecular weight is 391 g/mol. The first-order valence-corrected chi connectivity index (χ1v) is 9.71. The Labute approximate surface area is 170 Å². The third-order valence-corrected chi connectivity index (χ3v) is 5.13. The average Bonchev–Trinajstić information content (AvgIpc) is 3.43. The molecule has 0 unspecified atom stereocenters. The molecule has 0 atom stereocenters. The van der Waals surface area contributed by atoms with Crippen LogP contribution in [-0.2, 0) is 0 Å². The molecule has 6 nitrogen and oxygen atoms in total. The quantitative estimate of drug-likeness (QED) is 0.688. The van der Waals surface area contributed by atoms with E-state index in [1.807, 2.05) is 50.2 Å². The van der Waals surface area contributed by atoms with Crippen LogP contribution in [-0.4, -0.2) is 35.9 Å². The fraction of sp³-hybridized carbons (Fsp3) is 0.304. The molecule has 0 saturated heterocycles. The molecule has 1 N–H and O–H groups in total. The van der Waals surface area contributed by atoms with Crippen LogP contribution in [0.4, 0.5) is 0 Å². The van der Waals surface area contributed by atoms with Crippen molar-refractivity contribution < 1.29 is 14.3 Å². The Hall–Kier alpha value is -3.28. The van der Waals surface area contributed by atoms with E-state index in [0.29, 0.717) is 22.9 Å². The zero-order valence-corrected chi connectivity index (χ0v) is 17.2. The van der Waals surface area contributed by atoms with Crippen molar-refractivity contribution in [1.29, 1.82) is 0 Å². The van der Waals surface area contributed by atoms with Gasteiger partial charge >= 0.3 is 0 Å². The molecule has 1 fully saturated rings. The molecule has 3 aromatic rings. The molecule has 0 spiro atoms. The standard InChI is InChI=1S/C23H25N3O3/c1-14-5-6-15(2)20(11-14)26-21(23(27)24-16-7-8-16)13-19(25-26)18-10-9-17(28-3)12-22(18)29-4/h5-6,9-13,16H,7-8H2,1-4H3,(H,24,27). The highest BCUT2D eigenvalue weighted by atomic mass is 16.5. The zero-order valence-electron chi connectivity index (χ0n) is 17.2. The van der Waals surface area contributed by atoms with E-state index in [0.717, 1.165) is 35.2 Å². The van der Waals surface area contributed by atoms with E-state index in [9.17, 15) is 4.79 Å². The van der Waals surface area contributed by atoms with Gasteiger partial charge in [-0.05, 0) is 62.1 Å². The van der Waals surface area contributed by atoms with E-state index in [1.165, 1.54) is 0 Å². The molecule has 1 aliphatic rings. The summed E-state index contributed by atoms with van der Waals surface area (Å²) in [5, 5.41) is 7.88. The van der Waals surface area contributed by atoms with Gasteiger partial charge in [-0.25, -0.2) is 4.68 Å². The predicted molar refractivity (Wildman–Crippen MR) is 112 cm³/mol. The van der Waals surface area contributed by atoms with Crippen molar-refractivity contribution in [3.05, 3.63) is 59.3 Å². The van der Waals surface area contributed by atoms with E-state index in [-0.39, 0.29) is 11.9 Å². The Bertz CT molecular complexity index is 1070. The van der Waals surface area contributed by atoms with Gasteiger partial charge in [-0.15, -0.1) is 0 Å². The summed E-state index contributed by atoms with van der Waals surface area (Å²) in [6.45, 7) is 4.05. The Morgan fingerprint density at radius 3 is 2.55 bits per heavy atom. The van der Waals surface area contributed by atoms with Crippen LogP contribution < -0.4 is 14.8 Å². The fourth-order valence-corrected chi connectivity index (χ4v) is 3.30. The topological polar surface area (TPSA) is 65.4 Å². The number of ether oxygens (including phenoxy) is 2. The third kappa shape index (κ3) is 3.83. The van der Waals surface area contributed by atoms with E-state index in [4.69, 9.17) is 14.6 Å². The molecule has 29 heavy (non-hydrogen) atoms. The highest BCUT2D eigenvalue weighted by molar-refractivity contribution is 5.95. The van der Waals surface area contributed by atoms with Crippen LogP contribution >= 0.6 is 0 Å². The Morgan fingerprint density at radius 2 is 1.86 bits per heavy atom. The van der Waals surface area contributed by atoms with Gasteiger partial charge < -0.3 is 14.8 Å².